The fourth-order valence-electron chi connectivity index (χ4n) is 3.32. The first kappa shape index (κ1) is 14.6. The number of anilines is 1. The van der Waals surface area contributed by atoms with Crippen LogP contribution in [-0.2, 0) is 17.6 Å². The minimum absolute atomic E-state index is 0.0448. The van der Waals surface area contributed by atoms with Crippen LogP contribution in [0.25, 0.3) is 0 Å². The van der Waals surface area contributed by atoms with Crippen LogP contribution in [0.2, 0.25) is 0 Å². The number of carbonyl (C=O) groups excluding carboxylic acids is 1. The summed E-state index contributed by atoms with van der Waals surface area (Å²) in [7, 11) is 1.92. The second-order valence-corrected chi connectivity index (χ2v) is 6.13. The highest BCUT2D eigenvalue weighted by atomic mass is 16.2. The third-order valence-electron chi connectivity index (χ3n) is 4.64. The summed E-state index contributed by atoms with van der Waals surface area (Å²) < 4.78 is 0. The van der Waals surface area contributed by atoms with Crippen LogP contribution in [0.3, 0.4) is 0 Å². The van der Waals surface area contributed by atoms with Crippen LogP contribution >= 0.6 is 0 Å². The van der Waals surface area contributed by atoms with Gasteiger partial charge in [0.15, 0.2) is 0 Å². The van der Waals surface area contributed by atoms with Gasteiger partial charge in [-0.2, -0.15) is 0 Å². The lowest BCUT2D eigenvalue weighted by atomic mass is 9.93. The second-order valence-electron chi connectivity index (χ2n) is 6.13. The molecular formula is C19H22N2O. The Bertz CT molecular complexity index is 653. The molecule has 114 valence electrons. The van der Waals surface area contributed by atoms with E-state index < -0.39 is 0 Å². The molecule has 2 N–H and O–H groups in total. The zero-order valence-electron chi connectivity index (χ0n) is 12.9. The molecule has 3 rings (SSSR count). The van der Waals surface area contributed by atoms with E-state index in [4.69, 9.17) is 5.73 Å². The van der Waals surface area contributed by atoms with Crippen LogP contribution in [0.5, 0.6) is 0 Å². The van der Waals surface area contributed by atoms with Crippen LogP contribution in [0.4, 0.5) is 5.69 Å². The number of benzene rings is 2. The number of hydrogen-bond acceptors (Lipinski definition) is 2. The number of likely N-dealkylation sites (tertiary alicyclic amines) is 1. The normalized spacial score (nSPS) is 21.3. The van der Waals surface area contributed by atoms with Crippen molar-refractivity contribution >= 4 is 11.6 Å². The van der Waals surface area contributed by atoms with Gasteiger partial charge in [-0.15, -0.1) is 0 Å². The molecule has 1 aliphatic heterocycles. The van der Waals surface area contributed by atoms with E-state index in [2.05, 4.69) is 12.1 Å². The number of nitrogen functional groups attached to an aromatic ring is 1. The highest BCUT2D eigenvalue weighted by molar-refractivity contribution is 5.81. The van der Waals surface area contributed by atoms with Crippen molar-refractivity contribution in [2.45, 2.75) is 25.3 Å². The fraction of sp³-hybridized carbons (Fsp3) is 0.316. The largest absolute Gasteiger partial charge is 0.399 e. The third-order valence-corrected chi connectivity index (χ3v) is 4.64. The molecule has 1 amide bonds. The monoisotopic (exact) mass is 294 g/mol. The number of carbonyl (C=O) groups is 1. The summed E-state index contributed by atoms with van der Waals surface area (Å²) in [5.41, 5.74) is 9.16. The lowest BCUT2D eigenvalue weighted by Crippen LogP contribution is -2.31. The molecule has 1 aliphatic rings. The van der Waals surface area contributed by atoms with Gasteiger partial charge in [-0.1, -0.05) is 48.5 Å². The molecule has 0 spiro atoms. The van der Waals surface area contributed by atoms with E-state index in [1.54, 1.807) is 0 Å². The summed E-state index contributed by atoms with van der Waals surface area (Å²) in [6.07, 6.45) is 2.56. The lowest BCUT2D eigenvalue weighted by Gasteiger charge is -2.19. The Morgan fingerprint density at radius 2 is 1.73 bits per heavy atom. The van der Waals surface area contributed by atoms with Crippen LogP contribution in [0, 0.1) is 5.92 Å². The van der Waals surface area contributed by atoms with Gasteiger partial charge in [0, 0.05) is 24.7 Å². The molecule has 1 unspecified atom stereocenters. The summed E-state index contributed by atoms with van der Waals surface area (Å²) in [5, 5.41) is 0. The first-order valence-electron chi connectivity index (χ1n) is 7.79. The van der Waals surface area contributed by atoms with Gasteiger partial charge in [0.2, 0.25) is 5.91 Å². The van der Waals surface area contributed by atoms with Gasteiger partial charge in [-0.05, 0) is 36.5 Å². The van der Waals surface area contributed by atoms with Crippen molar-refractivity contribution in [1.82, 2.24) is 4.90 Å². The van der Waals surface area contributed by atoms with Crippen molar-refractivity contribution in [1.29, 1.82) is 0 Å². The Kier molecular flexibility index (Phi) is 4.14. The third kappa shape index (κ3) is 2.98. The fourth-order valence-corrected chi connectivity index (χ4v) is 3.32. The molecule has 1 fully saturated rings. The summed E-state index contributed by atoms with van der Waals surface area (Å²) in [4.78, 5) is 14.4. The van der Waals surface area contributed by atoms with Crippen LogP contribution in [0.15, 0.2) is 54.6 Å². The number of likely N-dealkylation sites (N-methyl/N-ethyl adjacent to an activating group) is 1. The summed E-state index contributed by atoms with van der Waals surface area (Å²) in [6.45, 7) is 0. The average molecular weight is 294 g/mol. The Morgan fingerprint density at radius 1 is 1.05 bits per heavy atom. The Balaban J connectivity index is 1.70. The van der Waals surface area contributed by atoms with Crippen LogP contribution in [-0.4, -0.2) is 23.9 Å². The van der Waals surface area contributed by atoms with Crippen molar-refractivity contribution < 1.29 is 4.79 Å². The average Bonchev–Trinajstić information content (AvgIpc) is 2.79. The summed E-state index contributed by atoms with van der Waals surface area (Å²) >= 11 is 0. The van der Waals surface area contributed by atoms with Crippen LogP contribution < -0.4 is 5.73 Å². The Labute approximate surface area is 131 Å². The number of hydrogen-bond donors (Lipinski definition) is 1. The van der Waals surface area contributed by atoms with E-state index >= 15 is 0 Å². The number of amides is 1. The van der Waals surface area contributed by atoms with Gasteiger partial charge in [-0.3, -0.25) is 4.79 Å². The molecule has 22 heavy (non-hydrogen) atoms. The molecule has 2 aromatic carbocycles. The quantitative estimate of drug-likeness (QED) is 0.881. The molecule has 0 bridgehead atoms. The number of para-hydroxylation sites is 1. The van der Waals surface area contributed by atoms with E-state index in [1.807, 2.05) is 54.4 Å². The first-order chi connectivity index (χ1) is 10.6. The molecule has 0 radical (unpaired) electrons. The van der Waals surface area contributed by atoms with Gasteiger partial charge in [0.25, 0.3) is 0 Å². The molecule has 0 aromatic heterocycles. The van der Waals surface area contributed by atoms with Crippen molar-refractivity contribution in [3.05, 3.63) is 65.7 Å². The molecule has 0 aliphatic carbocycles. The minimum atomic E-state index is 0.0448. The maximum Gasteiger partial charge on any atom is 0.226 e. The molecule has 2 atom stereocenters. The van der Waals surface area contributed by atoms with Crippen molar-refractivity contribution in [2.24, 2.45) is 5.92 Å². The van der Waals surface area contributed by atoms with E-state index in [9.17, 15) is 4.79 Å². The van der Waals surface area contributed by atoms with E-state index in [0.29, 0.717) is 0 Å². The molecule has 1 heterocycles. The zero-order chi connectivity index (χ0) is 15.5. The van der Waals surface area contributed by atoms with Gasteiger partial charge in [0.05, 0.1) is 0 Å². The van der Waals surface area contributed by atoms with Gasteiger partial charge >= 0.3 is 0 Å². The standard InChI is InChI=1S/C19H22N2O/c1-21-17(11-14-7-3-2-4-8-14)13-16(19(21)22)12-15-9-5-6-10-18(15)20/h2-10,16-17H,11-13,20H2,1H3/t16?,17-/m0/s1. The Morgan fingerprint density at radius 3 is 2.45 bits per heavy atom. The number of nitrogens with two attached hydrogens (primary N) is 1. The SMILES string of the molecule is CN1C(=O)C(Cc2ccccc2N)C[C@@H]1Cc1ccccc1. The highest BCUT2D eigenvalue weighted by Gasteiger charge is 2.37. The molecule has 1 saturated heterocycles. The highest BCUT2D eigenvalue weighted by Crippen LogP contribution is 2.29. The van der Waals surface area contributed by atoms with Crippen molar-refractivity contribution in [3.63, 3.8) is 0 Å². The molecule has 3 nitrogen and oxygen atoms in total. The van der Waals surface area contributed by atoms with Crippen molar-refractivity contribution in [2.75, 3.05) is 12.8 Å². The minimum Gasteiger partial charge on any atom is -0.399 e. The predicted octanol–water partition coefficient (Wildman–Crippen LogP) is 2.90. The smallest absolute Gasteiger partial charge is 0.226 e. The summed E-state index contributed by atoms with van der Waals surface area (Å²) in [6, 6.07) is 18.5. The van der Waals surface area contributed by atoms with Crippen molar-refractivity contribution in [3.8, 4) is 0 Å². The zero-order valence-corrected chi connectivity index (χ0v) is 12.9. The second kappa shape index (κ2) is 6.22. The van der Waals surface area contributed by atoms with E-state index in [1.165, 1.54) is 5.56 Å². The lowest BCUT2D eigenvalue weighted by molar-refractivity contribution is -0.130. The van der Waals surface area contributed by atoms with Gasteiger partial charge < -0.3 is 10.6 Å². The first-order valence-corrected chi connectivity index (χ1v) is 7.79. The number of rotatable bonds is 4. The maximum atomic E-state index is 12.5. The topological polar surface area (TPSA) is 46.3 Å². The van der Waals surface area contributed by atoms with E-state index in [0.717, 1.165) is 30.5 Å². The summed E-state index contributed by atoms with van der Waals surface area (Å²) in [5.74, 6) is 0.285. The molecule has 2 aromatic rings. The van der Waals surface area contributed by atoms with Gasteiger partial charge in [-0.25, -0.2) is 0 Å². The predicted molar refractivity (Wildman–Crippen MR) is 89.4 cm³/mol. The Hall–Kier alpha value is -2.29. The molecular weight excluding hydrogens is 272 g/mol. The maximum absolute atomic E-state index is 12.5. The molecule has 3 heteroatoms. The van der Waals surface area contributed by atoms with E-state index in [-0.39, 0.29) is 17.9 Å². The van der Waals surface area contributed by atoms with Crippen LogP contribution in [0.1, 0.15) is 17.5 Å². The molecule has 0 saturated carbocycles. The number of nitrogens with zero attached hydrogens (tertiary/aromatic N) is 1. The van der Waals surface area contributed by atoms with Gasteiger partial charge in [0.1, 0.15) is 0 Å².